The maximum absolute atomic E-state index is 6.00. The lowest BCUT2D eigenvalue weighted by atomic mass is 10.0. The molecule has 0 aliphatic rings. The van der Waals surface area contributed by atoms with E-state index in [1.165, 1.54) is 5.56 Å². The topological polar surface area (TPSA) is 44.5 Å². The van der Waals surface area contributed by atoms with E-state index in [1.807, 2.05) is 6.07 Å². The number of ether oxygens (including phenoxy) is 2. The van der Waals surface area contributed by atoms with Gasteiger partial charge in [0.05, 0.1) is 13.7 Å². The zero-order valence-electron chi connectivity index (χ0n) is 12.6. The molecule has 2 unspecified atom stereocenters. The van der Waals surface area contributed by atoms with Crippen molar-refractivity contribution in [1.82, 2.24) is 0 Å². The van der Waals surface area contributed by atoms with Crippen LogP contribution in [0, 0.1) is 5.92 Å². The van der Waals surface area contributed by atoms with Gasteiger partial charge in [0.2, 0.25) is 0 Å². The predicted octanol–water partition coefficient (Wildman–Crippen LogP) is 3.40. The van der Waals surface area contributed by atoms with Gasteiger partial charge in [0.15, 0.2) is 11.5 Å². The third kappa shape index (κ3) is 5.11. The fourth-order valence-corrected chi connectivity index (χ4v) is 1.76. The predicted molar refractivity (Wildman–Crippen MR) is 79.9 cm³/mol. The zero-order chi connectivity index (χ0) is 14.3. The molecule has 0 aromatic heterocycles. The molecule has 19 heavy (non-hydrogen) atoms. The van der Waals surface area contributed by atoms with E-state index >= 15 is 0 Å². The first-order chi connectivity index (χ1) is 9.10. The summed E-state index contributed by atoms with van der Waals surface area (Å²) in [7, 11) is 1.67. The van der Waals surface area contributed by atoms with Crippen molar-refractivity contribution < 1.29 is 9.47 Å². The monoisotopic (exact) mass is 265 g/mol. The summed E-state index contributed by atoms with van der Waals surface area (Å²) in [4.78, 5) is 0. The Hall–Kier alpha value is -1.22. The van der Waals surface area contributed by atoms with Crippen molar-refractivity contribution in [2.75, 3.05) is 13.7 Å². The molecule has 1 rings (SSSR count). The van der Waals surface area contributed by atoms with Gasteiger partial charge in [-0.3, -0.25) is 0 Å². The van der Waals surface area contributed by atoms with Crippen molar-refractivity contribution >= 4 is 0 Å². The van der Waals surface area contributed by atoms with Crippen LogP contribution in [-0.4, -0.2) is 19.8 Å². The second-order valence-electron chi connectivity index (χ2n) is 5.18. The molecule has 2 atom stereocenters. The molecule has 0 amide bonds. The first kappa shape index (κ1) is 15.8. The first-order valence-electron chi connectivity index (χ1n) is 7.15. The zero-order valence-corrected chi connectivity index (χ0v) is 12.6. The molecule has 0 aliphatic heterocycles. The second kappa shape index (κ2) is 8.05. The van der Waals surface area contributed by atoms with E-state index in [1.54, 1.807) is 7.11 Å². The van der Waals surface area contributed by atoms with E-state index in [0.29, 0.717) is 5.92 Å². The Morgan fingerprint density at radius 1 is 1.16 bits per heavy atom. The molecular weight excluding hydrogens is 238 g/mol. The average molecular weight is 265 g/mol. The molecule has 0 saturated carbocycles. The molecule has 0 spiro atoms. The van der Waals surface area contributed by atoms with Crippen molar-refractivity contribution in [1.29, 1.82) is 0 Å². The molecule has 3 heteroatoms. The van der Waals surface area contributed by atoms with E-state index < -0.39 is 0 Å². The SMILES string of the molecule is CCC(C)COc1cc(CC(N)CC)ccc1OC. The minimum Gasteiger partial charge on any atom is -0.493 e. The van der Waals surface area contributed by atoms with E-state index in [2.05, 4.69) is 32.9 Å². The van der Waals surface area contributed by atoms with Gasteiger partial charge in [0.25, 0.3) is 0 Å². The Morgan fingerprint density at radius 2 is 1.89 bits per heavy atom. The lowest BCUT2D eigenvalue weighted by molar-refractivity contribution is 0.244. The largest absolute Gasteiger partial charge is 0.493 e. The van der Waals surface area contributed by atoms with Crippen LogP contribution in [-0.2, 0) is 6.42 Å². The quantitative estimate of drug-likeness (QED) is 0.783. The van der Waals surface area contributed by atoms with E-state index in [-0.39, 0.29) is 6.04 Å². The number of hydrogen-bond donors (Lipinski definition) is 1. The summed E-state index contributed by atoms with van der Waals surface area (Å²) in [6, 6.07) is 6.28. The molecule has 0 bridgehead atoms. The van der Waals surface area contributed by atoms with Crippen molar-refractivity contribution in [2.24, 2.45) is 11.7 Å². The molecule has 0 fully saturated rings. The Morgan fingerprint density at radius 3 is 2.47 bits per heavy atom. The summed E-state index contributed by atoms with van der Waals surface area (Å²) < 4.78 is 11.2. The summed E-state index contributed by atoms with van der Waals surface area (Å²) in [5, 5.41) is 0. The number of hydrogen-bond acceptors (Lipinski definition) is 3. The van der Waals surface area contributed by atoms with Gasteiger partial charge in [-0.15, -0.1) is 0 Å². The average Bonchev–Trinajstić information content (AvgIpc) is 2.44. The van der Waals surface area contributed by atoms with Gasteiger partial charge < -0.3 is 15.2 Å². The van der Waals surface area contributed by atoms with Gasteiger partial charge >= 0.3 is 0 Å². The Bertz CT molecular complexity index is 379. The van der Waals surface area contributed by atoms with Crippen LogP contribution >= 0.6 is 0 Å². The molecule has 0 radical (unpaired) electrons. The van der Waals surface area contributed by atoms with Crippen LogP contribution in [0.4, 0.5) is 0 Å². The molecular formula is C16H27NO2. The molecule has 2 N–H and O–H groups in total. The first-order valence-corrected chi connectivity index (χ1v) is 7.15. The minimum atomic E-state index is 0.204. The van der Waals surface area contributed by atoms with Crippen LogP contribution in [0.5, 0.6) is 11.5 Å². The van der Waals surface area contributed by atoms with Crippen molar-refractivity contribution in [3.63, 3.8) is 0 Å². The van der Waals surface area contributed by atoms with Gasteiger partial charge in [0, 0.05) is 6.04 Å². The Balaban J connectivity index is 2.77. The fraction of sp³-hybridized carbons (Fsp3) is 0.625. The number of rotatable bonds is 8. The fourth-order valence-electron chi connectivity index (χ4n) is 1.76. The molecule has 108 valence electrons. The van der Waals surface area contributed by atoms with Crippen LogP contribution in [0.15, 0.2) is 18.2 Å². The summed E-state index contributed by atoms with van der Waals surface area (Å²) in [5.41, 5.74) is 7.20. The normalized spacial score (nSPS) is 13.9. The highest BCUT2D eigenvalue weighted by atomic mass is 16.5. The standard InChI is InChI=1S/C16H27NO2/c1-5-12(3)11-19-16-10-13(9-14(17)6-2)7-8-15(16)18-4/h7-8,10,12,14H,5-6,9,11,17H2,1-4H3. The van der Waals surface area contributed by atoms with Crippen LogP contribution in [0.25, 0.3) is 0 Å². The highest BCUT2D eigenvalue weighted by Crippen LogP contribution is 2.29. The van der Waals surface area contributed by atoms with Gasteiger partial charge in [-0.2, -0.15) is 0 Å². The number of nitrogens with two attached hydrogens (primary N) is 1. The van der Waals surface area contributed by atoms with Crippen LogP contribution in [0.2, 0.25) is 0 Å². The Kier molecular flexibility index (Phi) is 6.71. The minimum absolute atomic E-state index is 0.204. The van der Waals surface area contributed by atoms with E-state index in [4.69, 9.17) is 15.2 Å². The smallest absolute Gasteiger partial charge is 0.161 e. The molecule has 1 aromatic rings. The van der Waals surface area contributed by atoms with Gasteiger partial charge in [-0.1, -0.05) is 33.3 Å². The van der Waals surface area contributed by atoms with Crippen molar-refractivity contribution in [3.8, 4) is 11.5 Å². The lowest BCUT2D eigenvalue weighted by Gasteiger charge is -2.16. The van der Waals surface area contributed by atoms with Crippen molar-refractivity contribution in [3.05, 3.63) is 23.8 Å². The summed E-state index contributed by atoms with van der Waals surface area (Å²) >= 11 is 0. The maximum Gasteiger partial charge on any atom is 0.161 e. The third-order valence-electron chi connectivity index (χ3n) is 3.47. The highest BCUT2D eigenvalue weighted by Gasteiger charge is 2.09. The van der Waals surface area contributed by atoms with Gasteiger partial charge in [-0.25, -0.2) is 0 Å². The number of benzene rings is 1. The van der Waals surface area contributed by atoms with Crippen LogP contribution in [0.3, 0.4) is 0 Å². The van der Waals surface area contributed by atoms with E-state index in [9.17, 15) is 0 Å². The molecule has 1 aromatic carbocycles. The lowest BCUT2D eigenvalue weighted by Crippen LogP contribution is -2.21. The maximum atomic E-state index is 6.00. The Labute approximate surface area is 117 Å². The highest BCUT2D eigenvalue weighted by molar-refractivity contribution is 5.43. The number of methoxy groups -OCH3 is 1. The summed E-state index contributed by atoms with van der Waals surface area (Å²) in [6.07, 6.45) is 2.97. The second-order valence-corrected chi connectivity index (χ2v) is 5.18. The molecule has 0 saturated heterocycles. The van der Waals surface area contributed by atoms with Gasteiger partial charge in [-0.05, 0) is 36.5 Å². The molecule has 0 aliphatic carbocycles. The van der Waals surface area contributed by atoms with Crippen LogP contribution in [0.1, 0.15) is 39.2 Å². The molecule has 3 nitrogen and oxygen atoms in total. The summed E-state index contributed by atoms with van der Waals surface area (Å²) in [6.45, 7) is 7.18. The van der Waals surface area contributed by atoms with Crippen LogP contribution < -0.4 is 15.2 Å². The third-order valence-corrected chi connectivity index (χ3v) is 3.47. The summed E-state index contributed by atoms with van der Waals surface area (Å²) in [5.74, 6) is 2.16. The van der Waals surface area contributed by atoms with Crippen molar-refractivity contribution in [2.45, 2.75) is 46.1 Å². The van der Waals surface area contributed by atoms with Gasteiger partial charge in [0.1, 0.15) is 0 Å². The van der Waals surface area contributed by atoms with E-state index in [0.717, 1.165) is 37.4 Å². The molecule has 0 heterocycles.